The van der Waals surface area contributed by atoms with Crippen LogP contribution in [0.1, 0.15) is 32.6 Å². The number of hydrogen-bond acceptors (Lipinski definition) is 4. The first kappa shape index (κ1) is 11.2. The van der Waals surface area contributed by atoms with Gasteiger partial charge in [0.2, 0.25) is 5.95 Å². The topological polar surface area (TPSA) is 41.1 Å². The van der Waals surface area contributed by atoms with Crippen LogP contribution < -0.4 is 10.2 Å². The van der Waals surface area contributed by atoms with Crippen molar-refractivity contribution in [3.05, 3.63) is 12.3 Å². The van der Waals surface area contributed by atoms with Gasteiger partial charge in [-0.3, -0.25) is 0 Å². The molecule has 1 aliphatic heterocycles. The van der Waals surface area contributed by atoms with E-state index in [2.05, 4.69) is 27.1 Å². The highest BCUT2D eigenvalue weighted by atomic mass is 15.3. The number of hydrogen-bond donors (Lipinski definition) is 1. The molecule has 16 heavy (non-hydrogen) atoms. The highest BCUT2D eigenvalue weighted by molar-refractivity contribution is 5.41. The lowest BCUT2D eigenvalue weighted by Gasteiger charge is -2.20. The van der Waals surface area contributed by atoms with Crippen molar-refractivity contribution >= 4 is 11.8 Å². The molecule has 0 spiro atoms. The summed E-state index contributed by atoms with van der Waals surface area (Å²) in [6.07, 6.45) is 7.03. The molecule has 0 amide bonds. The molecule has 1 fully saturated rings. The van der Waals surface area contributed by atoms with E-state index in [0.29, 0.717) is 0 Å². The smallest absolute Gasteiger partial charge is 0.227 e. The minimum absolute atomic E-state index is 0.875. The third-order valence-corrected chi connectivity index (χ3v) is 2.89. The van der Waals surface area contributed by atoms with E-state index >= 15 is 0 Å². The molecule has 0 aliphatic carbocycles. The summed E-state index contributed by atoms with van der Waals surface area (Å²) in [4.78, 5) is 11.2. The van der Waals surface area contributed by atoms with Gasteiger partial charge in [-0.05, 0) is 25.8 Å². The second kappa shape index (κ2) is 5.68. The Morgan fingerprint density at radius 3 is 2.69 bits per heavy atom. The molecule has 1 N–H and O–H groups in total. The van der Waals surface area contributed by atoms with Gasteiger partial charge in [0.1, 0.15) is 5.82 Å². The number of nitrogens with zero attached hydrogens (tertiary/aromatic N) is 3. The Hall–Kier alpha value is -1.32. The minimum Gasteiger partial charge on any atom is -0.370 e. The summed E-state index contributed by atoms with van der Waals surface area (Å²) in [6.45, 7) is 5.16. The third kappa shape index (κ3) is 2.84. The van der Waals surface area contributed by atoms with E-state index in [4.69, 9.17) is 0 Å². The molecule has 0 radical (unpaired) electrons. The Labute approximate surface area is 97.1 Å². The Kier molecular flexibility index (Phi) is 3.97. The molecule has 2 heterocycles. The van der Waals surface area contributed by atoms with Crippen molar-refractivity contribution in [2.75, 3.05) is 29.9 Å². The standard InChI is InChI=1S/C12H20N4/c1-2-13-11-7-8-14-12(15-11)16-9-5-3-4-6-10-16/h7-8H,2-6,9-10H2,1H3,(H,13,14,15). The number of nitrogens with one attached hydrogen (secondary N) is 1. The van der Waals surface area contributed by atoms with Crippen molar-refractivity contribution in [3.8, 4) is 0 Å². The molecule has 1 aromatic rings. The molecule has 0 atom stereocenters. The first-order valence-corrected chi connectivity index (χ1v) is 6.22. The van der Waals surface area contributed by atoms with Gasteiger partial charge in [0, 0.05) is 25.8 Å². The van der Waals surface area contributed by atoms with Gasteiger partial charge in [0.15, 0.2) is 0 Å². The van der Waals surface area contributed by atoms with Crippen LogP contribution in [0.15, 0.2) is 12.3 Å². The van der Waals surface area contributed by atoms with Crippen molar-refractivity contribution in [1.29, 1.82) is 0 Å². The van der Waals surface area contributed by atoms with Crippen molar-refractivity contribution in [3.63, 3.8) is 0 Å². The molecular weight excluding hydrogens is 200 g/mol. The first-order valence-electron chi connectivity index (χ1n) is 6.22. The van der Waals surface area contributed by atoms with E-state index < -0.39 is 0 Å². The Morgan fingerprint density at radius 2 is 2.00 bits per heavy atom. The molecule has 1 aromatic heterocycles. The van der Waals surface area contributed by atoms with Gasteiger partial charge in [-0.2, -0.15) is 4.98 Å². The second-order valence-corrected chi connectivity index (χ2v) is 4.17. The van der Waals surface area contributed by atoms with Crippen LogP contribution in [-0.2, 0) is 0 Å². The Balaban J connectivity index is 2.08. The van der Waals surface area contributed by atoms with Crippen LogP contribution in [0.4, 0.5) is 11.8 Å². The highest BCUT2D eigenvalue weighted by Crippen LogP contribution is 2.16. The zero-order valence-electron chi connectivity index (χ0n) is 9.95. The van der Waals surface area contributed by atoms with Crippen LogP contribution in [0.3, 0.4) is 0 Å². The Bertz CT molecular complexity index is 319. The summed E-state index contributed by atoms with van der Waals surface area (Å²) in [5.41, 5.74) is 0. The molecule has 0 unspecified atom stereocenters. The largest absolute Gasteiger partial charge is 0.370 e. The van der Waals surface area contributed by atoms with E-state index in [-0.39, 0.29) is 0 Å². The van der Waals surface area contributed by atoms with Gasteiger partial charge in [-0.15, -0.1) is 0 Å². The lowest BCUT2D eigenvalue weighted by Crippen LogP contribution is -2.26. The predicted octanol–water partition coefficient (Wildman–Crippen LogP) is 2.29. The van der Waals surface area contributed by atoms with Gasteiger partial charge in [-0.1, -0.05) is 12.8 Å². The molecular formula is C12H20N4. The maximum absolute atomic E-state index is 4.53. The van der Waals surface area contributed by atoms with Gasteiger partial charge >= 0.3 is 0 Å². The van der Waals surface area contributed by atoms with Crippen LogP contribution in [0.5, 0.6) is 0 Å². The number of anilines is 2. The molecule has 0 aromatic carbocycles. The fourth-order valence-corrected chi connectivity index (χ4v) is 2.05. The predicted molar refractivity (Wildman–Crippen MR) is 66.9 cm³/mol. The SMILES string of the molecule is CCNc1ccnc(N2CCCCCC2)n1. The van der Waals surface area contributed by atoms with Crippen molar-refractivity contribution < 1.29 is 0 Å². The second-order valence-electron chi connectivity index (χ2n) is 4.17. The Morgan fingerprint density at radius 1 is 1.25 bits per heavy atom. The average molecular weight is 220 g/mol. The van der Waals surface area contributed by atoms with Crippen molar-refractivity contribution in [2.45, 2.75) is 32.6 Å². The van der Waals surface area contributed by atoms with Gasteiger partial charge in [0.05, 0.1) is 0 Å². The first-order chi connectivity index (χ1) is 7.90. The molecule has 88 valence electrons. The lowest BCUT2D eigenvalue weighted by molar-refractivity contribution is 0.726. The maximum atomic E-state index is 4.53. The van der Waals surface area contributed by atoms with Crippen LogP contribution in [-0.4, -0.2) is 29.6 Å². The van der Waals surface area contributed by atoms with Crippen molar-refractivity contribution in [1.82, 2.24) is 9.97 Å². The molecule has 0 bridgehead atoms. The fourth-order valence-electron chi connectivity index (χ4n) is 2.05. The molecule has 0 saturated carbocycles. The highest BCUT2D eigenvalue weighted by Gasteiger charge is 2.12. The van der Waals surface area contributed by atoms with Crippen LogP contribution in [0.25, 0.3) is 0 Å². The molecule has 1 aliphatic rings. The van der Waals surface area contributed by atoms with Gasteiger partial charge in [0.25, 0.3) is 0 Å². The number of aromatic nitrogens is 2. The average Bonchev–Trinajstić information content (AvgIpc) is 2.58. The quantitative estimate of drug-likeness (QED) is 0.848. The monoisotopic (exact) mass is 220 g/mol. The zero-order valence-corrected chi connectivity index (χ0v) is 9.95. The van der Waals surface area contributed by atoms with E-state index in [1.807, 2.05) is 12.3 Å². The van der Waals surface area contributed by atoms with Crippen LogP contribution in [0.2, 0.25) is 0 Å². The summed E-state index contributed by atoms with van der Waals surface area (Å²) in [5, 5.41) is 3.22. The number of rotatable bonds is 3. The summed E-state index contributed by atoms with van der Waals surface area (Å²) < 4.78 is 0. The molecule has 2 rings (SSSR count). The van der Waals surface area contributed by atoms with Crippen LogP contribution >= 0.6 is 0 Å². The molecule has 4 nitrogen and oxygen atoms in total. The van der Waals surface area contributed by atoms with E-state index in [9.17, 15) is 0 Å². The van der Waals surface area contributed by atoms with Gasteiger partial charge in [-0.25, -0.2) is 4.98 Å². The molecule has 4 heteroatoms. The zero-order chi connectivity index (χ0) is 11.2. The van der Waals surface area contributed by atoms with E-state index in [0.717, 1.165) is 31.4 Å². The molecule has 1 saturated heterocycles. The fraction of sp³-hybridized carbons (Fsp3) is 0.667. The summed E-state index contributed by atoms with van der Waals surface area (Å²) >= 11 is 0. The third-order valence-electron chi connectivity index (χ3n) is 2.89. The summed E-state index contributed by atoms with van der Waals surface area (Å²) in [6, 6.07) is 1.92. The van der Waals surface area contributed by atoms with E-state index in [1.54, 1.807) is 0 Å². The van der Waals surface area contributed by atoms with Gasteiger partial charge < -0.3 is 10.2 Å². The summed E-state index contributed by atoms with van der Waals surface area (Å²) in [5.74, 6) is 1.80. The van der Waals surface area contributed by atoms with Crippen molar-refractivity contribution in [2.24, 2.45) is 0 Å². The maximum Gasteiger partial charge on any atom is 0.227 e. The lowest BCUT2D eigenvalue weighted by atomic mass is 10.2. The van der Waals surface area contributed by atoms with Crippen LogP contribution in [0, 0.1) is 0 Å². The normalized spacial score (nSPS) is 16.9. The minimum atomic E-state index is 0.875. The summed E-state index contributed by atoms with van der Waals surface area (Å²) in [7, 11) is 0. The van der Waals surface area contributed by atoms with E-state index in [1.165, 1.54) is 25.7 Å².